The molecule has 1 aliphatic rings. The molecule has 3 heterocycles. The molecular weight excluding hydrogens is 445 g/mol. The minimum atomic E-state index is -4.79. The second-order valence-corrected chi connectivity index (χ2v) is 11.0. The largest absolute Gasteiger partial charge is 0.419 e. The van der Waals surface area contributed by atoms with Crippen molar-refractivity contribution in [3.05, 3.63) is 53.2 Å². The smallest absolute Gasteiger partial charge is 0.363 e. The van der Waals surface area contributed by atoms with E-state index in [1.807, 2.05) is 0 Å². The number of aromatic nitrogens is 3. The molecule has 1 fully saturated rings. The van der Waals surface area contributed by atoms with Crippen molar-refractivity contribution in [2.75, 3.05) is 30.7 Å². The van der Waals surface area contributed by atoms with Crippen LogP contribution in [0.15, 0.2) is 30.5 Å². The Morgan fingerprint density at radius 2 is 1.91 bits per heavy atom. The molecule has 0 bridgehead atoms. The number of nitrogens with one attached hydrogen (secondary N) is 2. The fourth-order valence-corrected chi connectivity index (χ4v) is 6.19. The standard InChI is InChI=1S/C21H22F4N5OP/c1-12(14-4-3-5-16(19(14)22)21(23,24)25)28-20-15-10-18(32(31)8-6-26-7-9-32)27-11-17(15)29-13(2)30-20/h3-5,10-12,26H,6-9H2,1-2H3,(H,28,29,30)/t12-/m1/s1. The number of nitrogens with zero attached hydrogens (tertiary/aromatic N) is 3. The van der Waals surface area contributed by atoms with Gasteiger partial charge in [-0.05, 0) is 26.0 Å². The fourth-order valence-electron chi connectivity index (χ4n) is 3.84. The van der Waals surface area contributed by atoms with Crippen molar-refractivity contribution >= 4 is 29.3 Å². The molecule has 1 atom stereocenters. The van der Waals surface area contributed by atoms with Crippen molar-refractivity contribution in [2.24, 2.45) is 0 Å². The molecule has 6 nitrogen and oxygen atoms in total. The molecule has 0 amide bonds. The van der Waals surface area contributed by atoms with E-state index in [-0.39, 0.29) is 5.56 Å². The third-order valence-electron chi connectivity index (χ3n) is 5.55. The van der Waals surface area contributed by atoms with E-state index in [9.17, 15) is 22.1 Å². The summed E-state index contributed by atoms with van der Waals surface area (Å²) in [5, 5.41) is 6.73. The Morgan fingerprint density at radius 1 is 1.19 bits per heavy atom. The minimum Gasteiger partial charge on any atom is -0.363 e. The first kappa shape index (κ1) is 22.6. The van der Waals surface area contributed by atoms with Gasteiger partial charge in [-0.15, -0.1) is 0 Å². The number of rotatable bonds is 4. The first-order valence-corrected chi connectivity index (χ1v) is 12.2. The van der Waals surface area contributed by atoms with Crippen molar-refractivity contribution in [1.82, 2.24) is 20.3 Å². The molecule has 0 radical (unpaired) electrons. The number of aryl methyl sites for hydroxylation is 1. The van der Waals surface area contributed by atoms with Gasteiger partial charge in [0.2, 0.25) is 0 Å². The lowest BCUT2D eigenvalue weighted by Crippen LogP contribution is -2.33. The number of benzene rings is 1. The van der Waals surface area contributed by atoms with Crippen LogP contribution in [0.3, 0.4) is 0 Å². The Morgan fingerprint density at radius 3 is 2.59 bits per heavy atom. The van der Waals surface area contributed by atoms with E-state index in [2.05, 4.69) is 25.6 Å². The fraction of sp³-hybridized carbons (Fsp3) is 0.381. The summed E-state index contributed by atoms with van der Waals surface area (Å²) in [6.07, 6.45) is -2.28. The summed E-state index contributed by atoms with van der Waals surface area (Å²) < 4.78 is 67.3. The first-order valence-electron chi connectivity index (χ1n) is 10.1. The third kappa shape index (κ3) is 4.34. The highest BCUT2D eigenvalue weighted by Crippen LogP contribution is 2.44. The van der Waals surface area contributed by atoms with Crippen molar-refractivity contribution < 1.29 is 22.1 Å². The minimum absolute atomic E-state index is 0.135. The highest BCUT2D eigenvalue weighted by molar-refractivity contribution is 7.71. The number of hydrogen-bond donors (Lipinski definition) is 2. The molecule has 0 spiro atoms. The summed E-state index contributed by atoms with van der Waals surface area (Å²) >= 11 is 0. The SMILES string of the molecule is Cc1nc(N[C@H](C)c2cccc(C(F)(F)F)c2F)c2cc(P3(=O)CCNCC3)ncc2n1. The summed E-state index contributed by atoms with van der Waals surface area (Å²) in [5.74, 6) is -0.585. The monoisotopic (exact) mass is 467 g/mol. The topological polar surface area (TPSA) is 79.8 Å². The molecule has 0 aliphatic carbocycles. The van der Waals surface area contributed by atoms with Gasteiger partial charge in [0.15, 0.2) is 0 Å². The van der Waals surface area contributed by atoms with Crippen molar-refractivity contribution in [3.63, 3.8) is 0 Å². The van der Waals surface area contributed by atoms with Crippen LogP contribution in [0.2, 0.25) is 0 Å². The van der Waals surface area contributed by atoms with Crippen LogP contribution >= 0.6 is 7.14 Å². The summed E-state index contributed by atoms with van der Waals surface area (Å²) in [5.41, 5.74) is -0.477. The van der Waals surface area contributed by atoms with Gasteiger partial charge in [0.25, 0.3) is 0 Å². The van der Waals surface area contributed by atoms with Gasteiger partial charge in [0, 0.05) is 36.4 Å². The quantitative estimate of drug-likeness (QED) is 0.441. The molecule has 1 aromatic carbocycles. The lowest BCUT2D eigenvalue weighted by molar-refractivity contribution is -0.140. The molecule has 2 aromatic heterocycles. The Hall–Kier alpha value is -2.58. The maximum Gasteiger partial charge on any atom is 0.419 e. The maximum absolute atomic E-state index is 14.6. The molecule has 3 aromatic rings. The highest BCUT2D eigenvalue weighted by Gasteiger charge is 2.35. The predicted octanol–water partition coefficient (Wildman–Crippen LogP) is 4.26. The van der Waals surface area contributed by atoms with Crippen LogP contribution in [-0.4, -0.2) is 40.4 Å². The van der Waals surface area contributed by atoms with Crippen molar-refractivity contribution in [3.8, 4) is 0 Å². The molecule has 170 valence electrons. The number of halogens is 4. The summed E-state index contributed by atoms with van der Waals surface area (Å²) in [6, 6.07) is 4.05. The van der Waals surface area contributed by atoms with Crippen LogP contribution in [0.25, 0.3) is 10.9 Å². The van der Waals surface area contributed by atoms with E-state index in [4.69, 9.17) is 0 Å². The van der Waals surface area contributed by atoms with Gasteiger partial charge in [-0.25, -0.2) is 14.4 Å². The zero-order chi connectivity index (χ0) is 23.1. The van der Waals surface area contributed by atoms with E-state index < -0.39 is 30.7 Å². The third-order valence-corrected chi connectivity index (χ3v) is 8.52. The Kier molecular flexibility index (Phi) is 5.94. The second kappa shape index (κ2) is 8.41. The number of anilines is 1. The van der Waals surface area contributed by atoms with Crippen LogP contribution in [0, 0.1) is 12.7 Å². The zero-order valence-electron chi connectivity index (χ0n) is 17.5. The predicted molar refractivity (Wildman–Crippen MR) is 115 cm³/mol. The van der Waals surface area contributed by atoms with Gasteiger partial charge in [0.1, 0.15) is 30.0 Å². The number of pyridine rings is 1. The highest BCUT2D eigenvalue weighted by atomic mass is 31.2. The van der Waals surface area contributed by atoms with Crippen LogP contribution in [0.5, 0.6) is 0 Å². The van der Waals surface area contributed by atoms with E-state index in [1.54, 1.807) is 19.9 Å². The maximum atomic E-state index is 14.6. The number of fused-ring (bicyclic) bond motifs is 1. The van der Waals surface area contributed by atoms with Gasteiger partial charge in [-0.2, -0.15) is 13.2 Å². The summed E-state index contributed by atoms with van der Waals surface area (Å²) in [4.78, 5) is 13.1. The lowest BCUT2D eigenvalue weighted by atomic mass is 10.0. The van der Waals surface area contributed by atoms with E-state index >= 15 is 0 Å². The normalized spacial score (nSPS) is 17.3. The average Bonchev–Trinajstić information content (AvgIpc) is 2.73. The zero-order valence-corrected chi connectivity index (χ0v) is 18.4. The Balaban J connectivity index is 1.74. The molecule has 4 rings (SSSR count). The number of alkyl halides is 3. The molecule has 0 unspecified atom stereocenters. The van der Waals surface area contributed by atoms with Gasteiger partial charge < -0.3 is 15.2 Å². The van der Waals surface area contributed by atoms with Gasteiger partial charge >= 0.3 is 6.18 Å². The molecular formula is C21H22F4N5OP. The van der Waals surface area contributed by atoms with Crippen molar-refractivity contribution in [2.45, 2.75) is 26.1 Å². The van der Waals surface area contributed by atoms with Gasteiger partial charge in [0.05, 0.1) is 23.3 Å². The summed E-state index contributed by atoms with van der Waals surface area (Å²) in [7, 11) is -2.67. The van der Waals surface area contributed by atoms with Crippen LogP contribution in [0.1, 0.15) is 29.9 Å². The first-order chi connectivity index (χ1) is 15.1. The number of hydrogen-bond acceptors (Lipinski definition) is 6. The summed E-state index contributed by atoms with van der Waals surface area (Å²) in [6.45, 7) is 4.50. The second-order valence-electron chi connectivity index (χ2n) is 7.84. The Bertz CT molecular complexity index is 1210. The van der Waals surface area contributed by atoms with E-state index in [0.29, 0.717) is 59.5 Å². The molecule has 32 heavy (non-hydrogen) atoms. The average molecular weight is 467 g/mol. The molecule has 1 aliphatic heterocycles. The van der Waals surface area contributed by atoms with E-state index in [1.165, 1.54) is 18.3 Å². The van der Waals surface area contributed by atoms with Crippen LogP contribution in [-0.2, 0) is 10.7 Å². The molecule has 1 saturated heterocycles. The van der Waals surface area contributed by atoms with Crippen LogP contribution in [0.4, 0.5) is 23.4 Å². The molecule has 2 N–H and O–H groups in total. The molecule has 11 heteroatoms. The molecule has 0 saturated carbocycles. The van der Waals surface area contributed by atoms with Gasteiger partial charge in [-0.3, -0.25) is 4.98 Å². The van der Waals surface area contributed by atoms with E-state index in [0.717, 1.165) is 0 Å². The Labute approximate surface area is 182 Å². The van der Waals surface area contributed by atoms with Crippen LogP contribution < -0.4 is 16.1 Å². The lowest BCUT2D eigenvalue weighted by Gasteiger charge is -2.23. The van der Waals surface area contributed by atoms with Crippen molar-refractivity contribution in [1.29, 1.82) is 0 Å². The van der Waals surface area contributed by atoms with Gasteiger partial charge in [-0.1, -0.05) is 12.1 Å².